The first-order chi connectivity index (χ1) is 9.20. The van der Waals surface area contributed by atoms with E-state index in [-0.39, 0.29) is 6.09 Å². The number of nitrogens with zero attached hydrogens (tertiary/aromatic N) is 2. The second-order valence-corrected chi connectivity index (χ2v) is 5.20. The van der Waals surface area contributed by atoms with Gasteiger partial charge in [-0.3, -0.25) is 0 Å². The number of carbonyl (C=O) groups excluding carboxylic acids is 1. The van der Waals surface area contributed by atoms with Crippen molar-refractivity contribution in [1.82, 2.24) is 9.88 Å². The number of anilines is 1. The number of nitrogens with one attached hydrogen (secondary N) is 1. The van der Waals surface area contributed by atoms with E-state index in [0.29, 0.717) is 12.6 Å². The van der Waals surface area contributed by atoms with Gasteiger partial charge in [-0.15, -0.1) is 0 Å². The fraction of sp³-hybridized carbons (Fsp3) is 0.538. The molecule has 104 valence electrons. The number of hydrogen-bond donors (Lipinski definition) is 1. The zero-order valence-corrected chi connectivity index (χ0v) is 12.5. The Hall–Kier alpha value is -1.30. The molecule has 6 heteroatoms. The topological polar surface area (TPSA) is 54.5 Å². The van der Waals surface area contributed by atoms with Crippen LogP contribution in [-0.4, -0.2) is 41.7 Å². The molecule has 0 radical (unpaired) electrons. The zero-order valence-electron chi connectivity index (χ0n) is 10.9. The minimum atomic E-state index is -0.205. The molecule has 1 aromatic heterocycles. The summed E-state index contributed by atoms with van der Waals surface area (Å²) in [5, 5.41) is 3.45. The molecule has 1 fully saturated rings. The Labute approximate surface area is 121 Å². The molecule has 0 aromatic carbocycles. The van der Waals surface area contributed by atoms with E-state index >= 15 is 0 Å². The first kappa shape index (κ1) is 14.1. The fourth-order valence-corrected chi connectivity index (χ4v) is 2.50. The van der Waals surface area contributed by atoms with Crippen LogP contribution in [0.2, 0.25) is 0 Å². The smallest absolute Gasteiger partial charge is 0.409 e. The van der Waals surface area contributed by atoms with Gasteiger partial charge in [-0.25, -0.2) is 9.78 Å². The highest BCUT2D eigenvalue weighted by atomic mass is 79.9. The van der Waals surface area contributed by atoms with Gasteiger partial charge >= 0.3 is 6.09 Å². The van der Waals surface area contributed by atoms with E-state index < -0.39 is 0 Å². The van der Waals surface area contributed by atoms with Gasteiger partial charge in [0.2, 0.25) is 0 Å². The van der Waals surface area contributed by atoms with Gasteiger partial charge in [0.1, 0.15) is 4.60 Å². The Morgan fingerprint density at radius 2 is 2.32 bits per heavy atom. The molecule has 1 saturated heterocycles. The number of aromatic nitrogens is 1. The van der Waals surface area contributed by atoms with Crippen molar-refractivity contribution in [1.29, 1.82) is 0 Å². The lowest BCUT2D eigenvalue weighted by atomic mass is 10.1. The number of halogens is 1. The number of piperidine rings is 1. The molecule has 0 aliphatic carbocycles. The SMILES string of the molecule is CCOC(=O)N1CCC(Nc2cccnc2Br)CC1. The second-order valence-electron chi connectivity index (χ2n) is 4.45. The van der Waals surface area contributed by atoms with Crippen LogP contribution in [0.25, 0.3) is 0 Å². The summed E-state index contributed by atoms with van der Waals surface area (Å²) < 4.78 is 5.83. The van der Waals surface area contributed by atoms with E-state index in [9.17, 15) is 4.79 Å². The summed E-state index contributed by atoms with van der Waals surface area (Å²) in [7, 11) is 0. The maximum Gasteiger partial charge on any atom is 0.409 e. The Kier molecular flexibility index (Phi) is 5.01. The van der Waals surface area contributed by atoms with Crippen molar-refractivity contribution in [2.75, 3.05) is 25.0 Å². The van der Waals surface area contributed by atoms with E-state index in [1.807, 2.05) is 19.1 Å². The van der Waals surface area contributed by atoms with E-state index in [1.165, 1.54) is 0 Å². The maximum absolute atomic E-state index is 11.6. The number of likely N-dealkylation sites (tertiary alicyclic amines) is 1. The minimum absolute atomic E-state index is 0.205. The molecule has 1 aromatic rings. The summed E-state index contributed by atoms with van der Waals surface area (Å²) in [5.74, 6) is 0. The number of hydrogen-bond acceptors (Lipinski definition) is 4. The molecule has 2 rings (SSSR count). The molecule has 5 nitrogen and oxygen atoms in total. The lowest BCUT2D eigenvalue weighted by Gasteiger charge is -2.32. The van der Waals surface area contributed by atoms with Crippen LogP contribution in [0.3, 0.4) is 0 Å². The minimum Gasteiger partial charge on any atom is -0.450 e. The predicted molar refractivity (Wildman–Crippen MR) is 77.2 cm³/mol. The number of pyridine rings is 1. The highest BCUT2D eigenvalue weighted by Crippen LogP contribution is 2.22. The van der Waals surface area contributed by atoms with Crippen LogP contribution >= 0.6 is 15.9 Å². The van der Waals surface area contributed by atoms with Gasteiger partial charge in [-0.1, -0.05) is 0 Å². The standard InChI is InChI=1S/C13H18BrN3O2/c1-2-19-13(18)17-8-5-10(6-9-17)16-11-4-3-7-15-12(11)14/h3-4,7,10,16H,2,5-6,8-9H2,1H3. The van der Waals surface area contributed by atoms with E-state index in [1.54, 1.807) is 11.1 Å². The zero-order chi connectivity index (χ0) is 13.7. The van der Waals surface area contributed by atoms with Crippen molar-refractivity contribution in [2.24, 2.45) is 0 Å². The van der Waals surface area contributed by atoms with Crippen molar-refractivity contribution in [3.8, 4) is 0 Å². The van der Waals surface area contributed by atoms with E-state index in [0.717, 1.165) is 36.2 Å². The van der Waals surface area contributed by atoms with Crippen LogP contribution in [0.1, 0.15) is 19.8 Å². The maximum atomic E-state index is 11.6. The van der Waals surface area contributed by atoms with E-state index in [4.69, 9.17) is 4.74 Å². The number of carbonyl (C=O) groups is 1. The van der Waals surface area contributed by atoms with Crippen molar-refractivity contribution in [2.45, 2.75) is 25.8 Å². The first-order valence-corrected chi connectivity index (χ1v) is 7.28. The molecule has 1 aliphatic rings. The summed E-state index contributed by atoms with van der Waals surface area (Å²) in [6, 6.07) is 4.27. The van der Waals surface area contributed by atoms with Crippen molar-refractivity contribution in [3.63, 3.8) is 0 Å². The summed E-state index contributed by atoms with van der Waals surface area (Å²) in [6.45, 7) is 3.72. The Bertz CT molecular complexity index is 434. The molecule has 0 spiro atoms. The third-order valence-corrected chi connectivity index (χ3v) is 3.77. The quantitative estimate of drug-likeness (QED) is 0.867. The van der Waals surface area contributed by atoms with Gasteiger partial charge in [0.05, 0.1) is 12.3 Å². The van der Waals surface area contributed by atoms with Crippen LogP contribution in [0, 0.1) is 0 Å². The van der Waals surface area contributed by atoms with Crippen LogP contribution in [0.5, 0.6) is 0 Å². The van der Waals surface area contributed by atoms with Gasteiger partial charge in [0.25, 0.3) is 0 Å². The number of amides is 1. The second kappa shape index (κ2) is 6.75. The molecular formula is C13H18BrN3O2. The lowest BCUT2D eigenvalue weighted by Crippen LogP contribution is -2.42. The van der Waals surface area contributed by atoms with Gasteiger partial charge in [0, 0.05) is 25.3 Å². The summed E-state index contributed by atoms with van der Waals surface area (Å²) in [5.41, 5.74) is 0.997. The molecule has 0 atom stereocenters. The van der Waals surface area contributed by atoms with Gasteiger partial charge in [0.15, 0.2) is 0 Å². The first-order valence-electron chi connectivity index (χ1n) is 6.49. The van der Waals surface area contributed by atoms with Gasteiger partial charge < -0.3 is 15.0 Å². The average Bonchev–Trinajstić information content (AvgIpc) is 2.42. The lowest BCUT2D eigenvalue weighted by molar-refractivity contribution is 0.0983. The van der Waals surface area contributed by atoms with Crippen LogP contribution in [0.4, 0.5) is 10.5 Å². The van der Waals surface area contributed by atoms with Crippen LogP contribution < -0.4 is 5.32 Å². The highest BCUT2D eigenvalue weighted by Gasteiger charge is 2.23. The van der Waals surface area contributed by atoms with Gasteiger partial charge in [-0.05, 0) is 47.8 Å². The molecule has 1 aliphatic heterocycles. The predicted octanol–water partition coefficient (Wildman–Crippen LogP) is 2.88. The largest absolute Gasteiger partial charge is 0.450 e. The summed E-state index contributed by atoms with van der Waals surface area (Å²) in [6.07, 6.45) is 3.38. The average molecular weight is 328 g/mol. The van der Waals surface area contributed by atoms with Crippen LogP contribution in [-0.2, 0) is 4.74 Å². The highest BCUT2D eigenvalue weighted by molar-refractivity contribution is 9.10. The molecule has 0 saturated carbocycles. The third kappa shape index (κ3) is 3.83. The van der Waals surface area contributed by atoms with Crippen LogP contribution in [0.15, 0.2) is 22.9 Å². The molecule has 0 bridgehead atoms. The monoisotopic (exact) mass is 327 g/mol. The van der Waals surface area contributed by atoms with Crippen molar-refractivity contribution >= 4 is 27.7 Å². The molecule has 0 unspecified atom stereocenters. The summed E-state index contributed by atoms with van der Waals surface area (Å²) >= 11 is 3.42. The molecule has 1 N–H and O–H groups in total. The normalized spacial score (nSPS) is 16.2. The Balaban J connectivity index is 1.84. The molecule has 2 heterocycles. The Morgan fingerprint density at radius 3 is 2.95 bits per heavy atom. The fourth-order valence-electron chi connectivity index (χ4n) is 2.13. The molecule has 19 heavy (non-hydrogen) atoms. The summed E-state index contributed by atoms with van der Waals surface area (Å²) in [4.78, 5) is 17.5. The van der Waals surface area contributed by atoms with E-state index in [2.05, 4.69) is 26.2 Å². The number of ether oxygens (including phenoxy) is 1. The third-order valence-electron chi connectivity index (χ3n) is 3.14. The van der Waals surface area contributed by atoms with Crippen molar-refractivity contribution in [3.05, 3.63) is 22.9 Å². The Morgan fingerprint density at radius 1 is 1.58 bits per heavy atom. The van der Waals surface area contributed by atoms with Gasteiger partial charge in [-0.2, -0.15) is 0 Å². The number of rotatable bonds is 3. The molecule has 1 amide bonds. The van der Waals surface area contributed by atoms with Crippen molar-refractivity contribution < 1.29 is 9.53 Å². The molecular weight excluding hydrogens is 310 g/mol.